The lowest BCUT2D eigenvalue weighted by Crippen LogP contribution is -2.54. The summed E-state index contributed by atoms with van der Waals surface area (Å²) in [6.45, 7) is 1.36. The van der Waals surface area contributed by atoms with Gasteiger partial charge in [-0.2, -0.15) is 13.2 Å². The molecule has 13 heteroatoms. The maximum absolute atomic E-state index is 14.9. The van der Waals surface area contributed by atoms with Crippen molar-refractivity contribution < 1.29 is 36.6 Å². The number of nitrogens with zero attached hydrogens (tertiary/aromatic N) is 2. The van der Waals surface area contributed by atoms with Gasteiger partial charge in [0.1, 0.15) is 17.5 Å². The third-order valence-corrected chi connectivity index (χ3v) is 5.31. The molecule has 1 N–H and O–H groups in total. The van der Waals surface area contributed by atoms with Gasteiger partial charge in [-0.15, -0.1) is 0 Å². The number of amides is 1. The molecule has 170 valence electrons. The number of ether oxygens (including phenoxy) is 2. The van der Waals surface area contributed by atoms with Gasteiger partial charge in [-0.1, -0.05) is 0 Å². The monoisotopic (exact) mass is 457 g/mol. The summed E-state index contributed by atoms with van der Waals surface area (Å²) in [6, 6.07) is 0.628. The molecule has 1 aliphatic heterocycles. The van der Waals surface area contributed by atoms with Crippen molar-refractivity contribution in [2.24, 2.45) is 0 Å². The Morgan fingerprint density at radius 2 is 1.84 bits per heavy atom. The van der Waals surface area contributed by atoms with Gasteiger partial charge in [0.05, 0.1) is 18.5 Å². The zero-order valence-corrected chi connectivity index (χ0v) is 16.6. The van der Waals surface area contributed by atoms with E-state index in [1.807, 2.05) is 0 Å². The van der Waals surface area contributed by atoms with E-state index in [9.17, 15) is 36.7 Å². The van der Waals surface area contributed by atoms with E-state index in [0.717, 1.165) is 24.1 Å². The van der Waals surface area contributed by atoms with Crippen molar-refractivity contribution in [2.45, 2.75) is 37.6 Å². The Morgan fingerprint density at radius 3 is 2.38 bits per heavy atom. The van der Waals surface area contributed by atoms with E-state index in [1.165, 1.54) is 11.9 Å². The molecule has 4 rings (SSSR count). The first-order valence-corrected chi connectivity index (χ1v) is 9.27. The van der Waals surface area contributed by atoms with Crippen molar-refractivity contribution in [2.75, 3.05) is 12.0 Å². The highest BCUT2D eigenvalue weighted by molar-refractivity contribution is 6.08. The van der Waals surface area contributed by atoms with Crippen molar-refractivity contribution in [3.63, 3.8) is 0 Å². The van der Waals surface area contributed by atoms with Crippen LogP contribution in [0.2, 0.25) is 0 Å². The SMILES string of the molecule is COC(=O)C(C)N1C(=O)C2(CC2)Oc2cc(F)c(-n3c(=O)cc(C(F)(F)F)[nH]c3=O)cc21. The molecule has 1 atom stereocenters. The van der Waals surface area contributed by atoms with Gasteiger partial charge in [-0.25, -0.2) is 18.5 Å². The van der Waals surface area contributed by atoms with Gasteiger partial charge in [-0.05, 0) is 13.0 Å². The van der Waals surface area contributed by atoms with Gasteiger partial charge in [0.15, 0.2) is 11.4 Å². The number of methoxy groups -OCH3 is 1. The number of benzene rings is 1. The van der Waals surface area contributed by atoms with Crippen LogP contribution in [0.15, 0.2) is 27.8 Å². The molecular formula is C19H15F4N3O6. The second kappa shape index (κ2) is 6.93. The molecule has 9 nitrogen and oxygen atoms in total. The Morgan fingerprint density at radius 1 is 1.19 bits per heavy atom. The number of alkyl halides is 3. The highest BCUT2D eigenvalue weighted by atomic mass is 19.4. The average molecular weight is 457 g/mol. The van der Waals surface area contributed by atoms with Crippen LogP contribution >= 0.6 is 0 Å². The number of anilines is 1. The quantitative estimate of drug-likeness (QED) is 0.553. The predicted molar refractivity (Wildman–Crippen MR) is 99.2 cm³/mol. The lowest BCUT2D eigenvalue weighted by atomic mass is 10.1. The van der Waals surface area contributed by atoms with E-state index >= 15 is 0 Å². The number of nitrogens with one attached hydrogen (secondary N) is 1. The topological polar surface area (TPSA) is 111 Å². The molecule has 32 heavy (non-hydrogen) atoms. The minimum absolute atomic E-state index is 0.107. The molecule has 0 radical (unpaired) electrons. The summed E-state index contributed by atoms with van der Waals surface area (Å²) in [4.78, 5) is 52.1. The van der Waals surface area contributed by atoms with Crippen LogP contribution in [0.25, 0.3) is 5.69 Å². The predicted octanol–water partition coefficient (Wildman–Crippen LogP) is 1.50. The number of aromatic amines is 1. The Balaban J connectivity index is 1.92. The first-order valence-electron chi connectivity index (χ1n) is 9.27. The molecule has 1 unspecified atom stereocenters. The first-order chi connectivity index (χ1) is 14.9. The summed E-state index contributed by atoms with van der Waals surface area (Å²) < 4.78 is 63.9. The molecule has 1 amide bonds. The molecule has 0 saturated heterocycles. The fraction of sp³-hybridized carbons (Fsp3) is 0.368. The van der Waals surface area contributed by atoms with Gasteiger partial charge >= 0.3 is 17.8 Å². The third kappa shape index (κ3) is 3.24. The van der Waals surface area contributed by atoms with Crippen molar-refractivity contribution in [1.29, 1.82) is 0 Å². The fourth-order valence-electron chi connectivity index (χ4n) is 3.52. The Bertz CT molecular complexity index is 1230. The smallest absolute Gasteiger partial charge is 0.431 e. The van der Waals surface area contributed by atoms with Crippen LogP contribution in [0.5, 0.6) is 5.75 Å². The highest BCUT2D eigenvalue weighted by Gasteiger charge is 2.59. The fourth-order valence-corrected chi connectivity index (χ4v) is 3.52. The molecule has 2 aromatic rings. The third-order valence-electron chi connectivity index (χ3n) is 5.31. The molecule has 0 bridgehead atoms. The standard InChI is InChI=1S/C19H15F4N3O6/c1-8(15(28)31-2)25-11-6-10(9(20)5-12(11)32-18(3-4-18)16(25)29)26-14(27)7-13(19(21,22)23)24-17(26)30/h5-8H,3-4H2,1-2H3,(H,24,30). The van der Waals surface area contributed by atoms with E-state index in [-0.39, 0.29) is 22.1 Å². The lowest BCUT2D eigenvalue weighted by Gasteiger charge is -2.37. The molecule has 1 fully saturated rings. The van der Waals surface area contributed by atoms with Crippen LogP contribution in [-0.4, -0.2) is 40.2 Å². The number of halogens is 4. The molecule has 1 spiro atoms. The highest BCUT2D eigenvalue weighted by Crippen LogP contribution is 2.50. The minimum atomic E-state index is -5.00. The van der Waals surface area contributed by atoms with E-state index < -0.39 is 58.1 Å². The second-order valence-electron chi connectivity index (χ2n) is 7.40. The van der Waals surface area contributed by atoms with E-state index in [4.69, 9.17) is 4.74 Å². The summed E-state index contributed by atoms with van der Waals surface area (Å²) >= 11 is 0. The van der Waals surface area contributed by atoms with Crippen molar-refractivity contribution in [3.05, 3.63) is 50.5 Å². The number of rotatable bonds is 3. The van der Waals surface area contributed by atoms with E-state index in [0.29, 0.717) is 12.8 Å². The van der Waals surface area contributed by atoms with Gasteiger partial charge in [-0.3, -0.25) is 14.5 Å². The van der Waals surface area contributed by atoms with Gasteiger partial charge in [0.2, 0.25) is 0 Å². The number of H-pyrrole nitrogens is 1. The van der Waals surface area contributed by atoms with Crippen LogP contribution in [0, 0.1) is 5.82 Å². The molecule has 1 aromatic carbocycles. The Hall–Kier alpha value is -3.64. The van der Waals surface area contributed by atoms with Crippen molar-refractivity contribution >= 4 is 17.6 Å². The van der Waals surface area contributed by atoms with E-state index in [1.54, 1.807) is 0 Å². The number of hydrogen-bond acceptors (Lipinski definition) is 6. The molecule has 2 aliphatic rings. The van der Waals surface area contributed by atoms with Crippen LogP contribution in [0.1, 0.15) is 25.5 Å². The number of esters is 1. The van der Waals surface area contributed by atoms with Crippen LogP contribution < -0.4 is 20.9 Å². The van der Waals surface area contributed by atoms with Crippen LogP contribution in [-0.2, 0) is 20.5 Å². The Kier molecular flexibility index (Phi) is 4.68. The molecular weight excluding hydrogens is 442 g/mol. The van der Waals surface area contributed by atoms with Gasteiger partial charge < -0.3 is 14.5 Å². The number of hydrogen-bond donors (Lipinski definition) is 1. The number of aromatic nitrogens is 2. The zero-order chi connectivity index (χ0) is 23.6. The zero-order valence-electron chi connectivity index (χ0n) is 16.6. The number of fused-ring (bicyclic) bond motifs is 1. The summed E-state index contributed by atoms with van der Waals surface area (Å²) in [5, 5.41) is 0. The summed E-state index contributed by atoms with van der Waals surface area (Å²) in [5.74, 6) is -2.69. The van der Waals surface area contributed by atoms with Gasteiger partial charge in [0, 0.05) is 25.0 Å². The van der Waals surface area contributed by atoms with Crippen LogP contribution in [0.3, 0.4) is 0 Å². The first kappa shape index (κ1) is 21.6. The average Bonchev–Trinajstić information content (AvgIpc) is 3.48. The molecule has 1 aliphatic carbocycles. The normalized spacial score (nSPS) is 17.6. The minimum Gasteiger partial charge on any atom is -0.475 e. The largest absolute Gasteiger partial charge is 0.475 e. The maximum atomic E-state index is 14.9. The molecule has 1 aromatic heterocycles. The maximum Gasteiger partial charge on any atom is 0.431 e. The number of carbonyl (C=O) groups is 2. The Labute approximate surface area is 176 Å². The molecule has 1 saturated carbocycles. The van der Waals surface area contributed by atoms with Crippen molar-refractivity contribution in [1.82, 2.24) is 9.55 Å². The van der Waals surface area contributed by atoms with E-state index in [2.05, 4.69) is 4.74 Å². The second-order valence-corrected chi connectivity index (χ2v) is 7.40. The molecule has 2 heterocycles. The lowest BCUT2D eigenvalue weighted by molar-refractivity contribution is -0.144. The summed E-state index contributed by atoms with van der Waals surface area (Å²) in [5.41, 5.74) is -6.72. The van der Waals surface area contributed by atoms with Gasteiger partial charge in [0.25, 0.3) is 11.5 Å². The van der Waals surface area contributed by atoms with Crippen LogP contribution in [0.4, 0.5) is 23.2 Å². The summed E-state index contributed by atoms with van der Waals surface area (Å²) in [6.07, 6.45) is -4.34. The van der Waals surface area contributed by atoms with Crippen molar-refractivity contribution in [3.8, 4) is 11.4 Å². The summed E-state index contributed by atoms with van der Waals surface area (Å²) in [7, 11) is 1.11. The number of carbonyl (C=O) groups excluding carboxylic acids is 2.